The van der Waals surface area contributed by atoms with Gasteiger partial charge >= 0.3 is 0 Å². The molecule has 1 heterocycles. The van der Waals surface area contributed by atoms with E-state index in [9.17, 15) is 9.59 Å². The van der Waals surface area contributed by atoms with E-state index in [0.717, 1.165) is 47.7 Å². The molecule has 0 unspecified atom stereocenters. The minimum atomic E-state index is -0.194. The monoisotopic (exact) mass is 396 g/mol. The molecule has 23 heavy (non-hydrogen) atoms. The van der Waals surface area contributed by atoms with Gasteiger partial charge in [-0.25, -0.2) is 0 Å². The molecule has 0 N–H and O–H groups in total. The van der Waals surface area contributed by atoms with Gasteiger partial charge in [-0.1, -0.05) is 41.9 Å². The smallest absolute Gasteiger partial charge is 0.286 e. The average Bonchev–Trinajstić information content (AvgIpc) is 2.78. The van der Waals surface area contributed by atoms with E-state index in [1.807, 2.05) is 24.3 Å². The number of carbonyl (C=O) groups excluding carboxylic acids is 2. The Morgan fingerprint density at radius 3 is 2.30 bits per heavy atom. The largest absolute Gasteiger partial charge is 0.294 e. The van der Waals surface area contributed by atoms with Crippen LogP contribution in [0.1, 0.15) is 32.3 Å². The molecular weight excluding hydrogens is 376 g/mol. The maximum absolute atomic E-state index is 12.5. The zero-order chi connectivity index (χ0) is 16.8. The fourth-order valence-electron chi connectivity index (χ4n) is 2.42. The van der Waals surface area contributed by atoms with Crippen molar-refractivity contribution < 1.29 is 9.59 Å². The van der Waals surface area contributed by atoms with Gasteiger partial charge in [0.25, 0.3) is 11.1 Å². The van der Waals surface area contributed by atoms with E-state index in [0.29, 0.717) is 11.6 Å². The standard InChI is InChI=1S/C17H21BrN2O2S/c1-3-9-19(10-4-2)12-20-16(21)15(23-17(20)22)11-13-5-7-14(18)8-6-13/h5-8,11H,3-4,9-10,12H2,1-2H3/b15-11+. The van der Waals surface area contributed by atoms with Crippen LogP contribution in [-0.2, 0) is 4.79 Å². The van der Waals surface area contributed by atoms with Gasteiger partial charge in [0, 0.05) is 4.47 Å². The van der Waals surface area contributed by atoms with Crippen molar-refractivity contribution in [2.75, 3.05) is 19.8 Å². The molecule has 0 saturated carbocycles. The summed E-state index contributed by atoms with van der Waals surface area (Å²) in [6.07, 6.45) is 3.79. The molecule has 0 aromatic heterocycles. The van der Waals surface area contributed by atoms with E-state index < -0.39 is 0 Å². The minimum absolute atomic E-state index is 0.185. The first-order valence-corrected chi connectivity index (χ1v) is 9.39. The van der Waals surface area contributed by atoms with Crippen molar-refractivity contribution in [1.29, 1.82) is 0 Å². The maximum atomic E-state index is 12.5. The summed E-state index contributed by atoms with van der Waals surface area (Å²) in [5.41, 5.74) is 0.915. The third kappa shape index (κ3) is 4.93. The van der Waals surface area contributed by atoms with Crippen LogP contribution in [-0.4, -0.2) is 40.7 Å². The van der Waals surface area contributed by atoms with Crippen LogP contribution in [0.2, 0.25) is 0 Å². The van der Waals surface area contributed by atoms with Gasteiger partial charge in [-0.2, -0.15) is 0 Å². The Labute approximate surface area is 150 Å². The molecule has 1 aromatic rings. The van der Waals surface area contributed by atoms with Gasteiger partial charge in [-0.3, -0.25) is 19.4 Å². The van der Waals surface area contributed by atoms with Gasteiger partial charge < -0.3 is 0 Å². The highest BCUT2D eigenvalue weighted by Gasteiger charge is 2.35. The molecule has 2 rings (SSSR count). The molecule has 1 saturated heterocycles. The van der Waals surface area contributed by atoms with E-state index in [4.69, 9.17) is 0 Å². The third-order valence-corrected chi connectivity index (χ3v) is 4.90. The topological polar surface area (TPSA) is 40.6 Å². The molecule has 0 aliphatic carbocycles. The fraction of sp³-hybridized carbons (Fsp3) is 0.412. The predicted molar refractivity (Wildman–Crippen MR) is 99.0 cm³/mol. The maximum Gasteiger partial charge on any atom is 0.294 e. The molecule has 0 radical (unpaired) electrons. The van der Waals surface area contributed by atoms with E-state index >= 15 is 0 Å². The second-order valence-electron chi connectivity index (χ2n) is 5.42. The van der Waals surface area contributed by atoms with Crippen LogP contribution in [0.15, 0.2) is 33.6 Å². The number of imide groups is 1. The summed E-state index contributed by atoms with van der Waals surface area (Å²) in [6.45, 7) is 6.36. The van der Waals surface area contributed by atoms with Gasteiger partial charge in [0.15, 0.2) is 0 Å². The van der Waals surface area contributed by atoms with Gasteiger partial charge in [0.1, 0.15) is 0 Å². The first-order valence-electron chi connectivity index (χ1n) is 7.78. The summed E-state index contributed by atoms with van der Waals surface area (Å²) in [6, 6.07) is 7.66. The third-order valence-electron chi connectivity index (χ3n) is 3.46. The zero-order valence-corrected chi connectivity index (χ0v) is 15.8. The highest BCUT2D eigenvalue weighted by Crippen LogP contribution is 2.32. The highest BCUT2D eigenvalue weighted by molar-refractivity contribution is 9.10. The van der Waals surface area contributed by atoms with Gasteiger partial charge in [-0.05, 0) is 61.5 Å². The summed E-state index contributed by atoms with van der Waals surface area (Å²) in [4.78, 5) is 28.7. The summed E-state index contributed by atoms with van der Waals surface area (Å²) in [5, 5.41) is -0.185. The van der Waals surface area contributed by atoms with Crippen LogP contribution in [0, 0.1) is 0 Å². The lowest BCUT2D eigenvalue weighted by Gasteiger charge is -2.25. The molecule has 2 amide bonds. The number of carbonyl (C=O) groups is 2. The van der Waals surface area contributed by atoms with Gasteiger partial charge in [0.05, 0.1) is 11.6 Å². The second kappa shape index (κ2) is 8.66. The Morgan fingerprint density at radius 1 is 1.13 bits per heavy atom. The van der Waals surface area contributed by atoms with Crippen molar-refractivity contribution in [2.45, 2.75) is 26.7 Å². The van der Waals surface area contributed by atoms with Crippen molar-refractivity contribution in [3.8, 4) is 0 Å². The number of rotatable bonds is 7. The number of benzene rings is 1. The minimum Gasteiger partial charge on any atom is -0.286 e. The Hall–Kier alpha value is -1.11. The number of nitrogens with zero attached hydrogens (tertiary/aromatic N) is 2. The van der Waals surface area contributed by atoms with E-state index in [2.05, 4.69) is 34.7 Å². The van der Waals surface area contributed by atoms with Crippen LogP contribution >= 0.6 is 27.7 Å². The summed E-state index contributed by atoms with van der Waals surface area (Å²) in [5.74, 6) is -0.194. The summed E-state index contributed by atoms with van der Waals surface area (Å²) in [7, 11) is 0. The normalized spacial score (nSPS) is 16.9. The van der Waals surface area contributed by atoms with E-state index in [1.54, 1.807) is 6.08 Å². The van der Waals surface area contributed by atoms with Crippen LogP contribution in [0.5, 0.6) is 0 Å². The number of halogens is 1. The lowest BCUT2D eigenvalue weighted by Crippen LogP contribution is -2.41. The van der Waals surface area contributed by atoms with Crippen molar-refractivity contribution in [1.82, 2.24) is 9.80 Å². The number of amides is 2. The number of hydrogen-bond donors (Lipinski definition) is 0. The molecule has 0 spiro atoms. The average molecular weight is 397 g/mol. The number of hydrogen-bond acceptors (Lipinski definition) is 4. The Morgan fingerprint density at radius 2 is 1.74 bits per heavy atom. The SMILES string of the molecule is CCCN(CCC)CN1C(=O)S/C(=C/c2ccc(Br)cc2)C1=O. The van der Waals surface area contributed by atoms with Gasteiger partial charge in [-0.15, -0.1) is 0 Å². The molecule has 1 fully saturated rings. The first-order chi connectivity index (χ1) is 11.0. The van der Waals surface area contributed by atoms with E-state index in [1.165, 1.54) is 4.90 Å². The summed E-state index contributed by atoms with van der Waals surface area (Å²) < 4.78 is 0.984. The first kappa shape index (κ1) is 18.2. The van der Waals surface area contributed by atoms with Crippen LogP contribution < -0.4 is 0 Å². The van der Waals surface area contributed by atoms with Crippen LogP contribution in [0.3, 0.4) is 0 Å². The van der Waals surface area contributed by atoms with Crippen LogP contribution in [0.4, 0.5) is 4.79 Å². The molecule has 4 nitrogen and oxygen atoms in total. The lowest BCUT2D eigenvalue weighted by atomic mass is 10.2. The predicted octanol–water partition coefficient (Wildman–Crippen LogP) is 4.56. The molecular formula is C17H21BrN2O2S. The Bertz CT molecular complexity index is 595. The fourth-order valence-corrected chi connectivity index (χ4v) is 3.51. The molecule has 0 atom stereocenters. The molecule has 1 aromatic carbocycles. The van der Waals surface area contributed by atoms with Gasteiger partial charge in [0.2, 0.25) is 0 Å². The molecule has 124 valence electrons. The molecule has 1 aliphatic rings. The van der Waals surface area contributed by atoms with Crippen molar-refractivity contribution >= 4 is 44.9 Å². The lowest BCUT2D eigenvalue weighted by molar-refractivity contribution is -0.124. The molecule has 0 bridgehead atoms. The quantitative estimate of drug-likeness (QED) is 0.633. The highest BCUT2D eigenvalue weighted by atomic mass is 79.9. The summed E-state index contributed by atoms with van der Waals surface area (Å²) >= 11 is 4.40. The van der Waals surface area contributed by atoms with E-state index in [-0.39, 0.29) is 11.1 Å². The molecule has 1 aliphatic heterocycles. The Kier molecular flexibility index (Phi) is 6.87. The van der Waals surface area contributed by atoms with Crippen molar-refractivity contribution in [2.24, 2.45) is 0 Å². The van der Waals surface area contributed by atoms with Crippen molar-refractivity contribution in [3.63, 3.8) is 0 Å². The Balaban J connectivity index is 2.11. The number of thioether (sulfide) groups is 1. The zero-order valence-electron chi connectivity index (χ0n) is 13.4. The van der Waals surface area contributed by atoms with Crippen molar-refractivity contribution in [3.05, 3.63) is 39.2 Å². The molecule has 6 heteroatoms. The second-order valence-corrected chi connectivity index (χ2v) is 7.33. The van der Waals surface area contributed by atoms with Crippen LogP contribution in [0.25, 0.3) is 6.08 Å².